The lowest BCUT2D eigenvalue weighted by atomic mass is 9.96. The van der Waals surface area contributed by atoms with E-state index in [1.54, 1.807) is 50.2 Å². The number of rotatable bonds is 7. The Morgan fingerprint density at radius 2 is 1.64 bits per heavy atom. The Morgan fingerprint density at radius 3 is 2.17 bits per heavy atom. The second-order valence-electron chi connectivity index (χ2n) is 8.58. The van der Waals surface area contributed by atoms with Crippen LogP contribution in [0.3, 0.4) is 0 Å². The zero-order valence-corrected chi connectivity index (χ0v) is 21.1. The lowest BCUT2D eigenvalue weighted by molar-refractivity contribution is -0.121. The third kappa shape index (κ3) is 4.30. The summed E-state index contributed by atoms with van der Waals surface area (Å²) in [5.41, 5.74) is 1.74. The number of hydrogen-bond acceptors (Lipinski definition) is 6. The fourth-order valence-electron chi connectivity index (χ4n) is 4.39. The van der Waals surface area contributed by atoms with Gasteiger partial charge >= 0.3 is 5.97 Å². The van der Waals surface area contributed by atoms with Crippen LogP contribution in [0.4, 0.5) is 9.39 Å². The number of nitrogens with zero attached hydrogens (tertiary/aromatic N) is 1. The summed E-state index contributed by atoms with van der Waals surface area (Å²) in [5, 5.41) is 3.02. The largest absolute Gasteiger partial charge is 0.465 e. The number of fused-ring (bicyclic) bond motifs is 1. The first kappa shape index (κ1) is 25.2. The highest BCUT2D eigenvalue weighted by Gasteiger charge is 2.45. The third-order valence-corrected chi connectivity index (χ3v) is 7.42. The van der Waals surface area contributed by atoms with Crippen LogP contribution in [-0.2, 0) is 9.53 Å². The molecule has 4 rings (SSSR count). The molecule has 36 heavy (non-hydrogen) atoms. The van der Waals surface area contributed by atoms with E-state index in [1.165, 1.54) is 30.6 Å². The Labute approximate surface area is 211 Å². The Morgan fingerprint density at radius 1 is 1.06 bits per heavy atom. The van der Waals surface area contributed by atoms with Gasteiger partial charge in [-0.3, -0.25) is 19.3 Å². The van der Waals surface area contributed by atoms with Gasteiger partial charge in [0.2, 0.25) is 5.91 Å². The summed E-state index contributed by atoms with van der Waals surface area (Å²) in [6, 6.07) is 11.0. The number of methoxy groups -OCH3 is 1. The molecule has 1 aromatic heterocycles. The third-order valence-electron chi connectivity index (χ3n) is 6.40. The number of carbonyl (C=O) groups excluding carboxylic acids is 4. The molecule has 0 aliphatic carbocycles. The number of halogens is 1. The van der Waals surface area contributed by atoms with Gasteiger partial charge in [0.05, 0.1) is 18.2 Å². The summed E-state index contributed by atoms with van der Waals surface area (Å²) in [7, 11) is 1.23. The molecule has 186 valence electrons. The van der Waals surface area contributed by atoms with Gasteiger partial charge in [0, 0.05) is 10.4 Å². The van der Waals surface area contributed by atoms with Crippen molar-refractivity contribution in [2.24, 2.45) is 5.92 Å². The first-order valence-electron chi connectivity index (χ1n) is 11.4. The van der Waals surface area contributed by atoms with Crippen molar-refractivity contribution in [3.8, 4) is 11.1 Å². The second kappa shape index (κ2) is 10.0. The topological polar surface area (TPSA) is 92.8 Å². The smallest absolute Gasteiger partial charge is 0.341 e. The summed E-state index contributed by atoms with van der Waals surface area (Å²) >= 11 is 1.17. The maximum Gasteiger partial charge on any atom is 0.341 e. The van der Waals surface area contributed by atoms with Crippen molar-refractivity contribution < 1.29 is 28.3 Å². The molecule has 2 atom stereocenters. The number of thiophene rings is 1. The van der Waals surface area contributed by atoms with Crippen molar-refractivity contribution in [3.63, 3.8) is 0 Å². The Balaban J connectivity index is 1.74. The van der Waals surface area contributed by atoms with Gasteiger partial charge in [-0.05, 0) is 42.7 Å². The van der Waals surface area contributed by atoms with Crippen molar-refractivity contribution in [3.05, 3.63) is 75.9 Å². The molecule has 7 nitrogen and oxygen atoms in total. The van der Waals surface area contributed by atoms with E-state index in [1.807, 2.05) is 6.92 Å². The number of esters is 1. The van der Waals surface area contributed by atoms with Crippen molar-refractivity contribution in [2.45, 2.75) is 33.2 Å². The fraction of sp³-hybridized carbons (Fsp3) is 0.259. The normalized spacial score (nSPS) is 14.4. The molecular weight excluding hydrogens is 483 g/mol. The average molecular weight is 509 g/mol. The summed E-state index contributed by atoms with van der Waals surface area (Å²) in [6.07, 6.45) is 0.527. The van der Waals surface area contributed by atoms with E-state index in [0.717, 1.165) is 4.90 Å². The van der Waals surface area contributed by atoms with Gasteiger partial charge in [-0.2, -0.15) is 0 Å². The average Bonchev–Trinajstić information content (AvgIpc) is 3.32. The lowest BCUT2D eigenvalue weighted by Crippen LogP contribution is -2.50. The molecule has 0 saturated carbocycles. The predicted octanol–water partition coefficient (Wildman–Crippen LogP) is 5.30. The molecule has 3 aromatic rings. The van der Waals surface area contributed by atoms with E-state index in [2.05, 4.69) is 5.32 Å². The molecule has 1 N–H and O–H groups in total. The minimum absolute atomic E-state index is 0.130. The van der Waals surface area contributed by atoms with Crippen LogP contribution in [0.5, 0.6) is 0 Å². The van der Waals surface area contributed by atoms with Gasteiger partial charge in [0.1, 0.15) is 22.4 Å². The maximum absolute atomic E-state index is 13.7. The Bertz CT molecular complexity index is 1330. The minimum atomic E-state index is -1.09. The SMILES string of the molecule is CCC(C)C(C(=O)Nc1sc(C)c(-c2ccc(F)cc2)c1C(=O)OC)N1C(=O)c2ccccc2C1=O. The maximum atomic E-state index is 13.7. The van der Waals surface area contributed by atoms with Crippen LogP contribution in [0.15, 0.2) is 48.5 Å². The number of aryl methyl sites for hydroxylation is 1. The van der Waals surface area contributed by atoms with Crippen LogP contribution in [0.2, 0.25) is 0 Å². The van der Waals surface area contributed by atoms with Crippen molar-refractivity contribution in [1.29, 1.82) is 0 Å². The predicted molar refractivity (Wildman–Crippen MR) is 135 cm³/mol. The summed E-state index contributed by atoms with van der Waals surface area (Å²) in [4.78, 5) is 54.5. The summed E-state index contributed by atoms with van der Waals surface area (Å²) in [5.74, 6) is -3.09. The molecule has 1 aliphatic heterocycles. The molecule has 3 amide bonds. The number of amides is 3. The van der Waals surface area contributed by atoms with Crippen molar-refractivity contribution in [2.75, 3.05) is 12.4 Å². The molecule has 0 fully saturated rings. The quantitative estimate of drug-likeness (QED) is 0.345. The van der Waals surface area contributed by atoms with Gasteiger partial charge in [-0.1, -0.05) is 44.5 Å². The van der Waals surface area contributed by atoms with Gasteiger partial charge in [-0.25, -0.2) is 9.18 Å². The molecule has 0 saturated heterocycles. The highest BCUT2D eigenvalue weighted by Crippen LogP contribution is 2.41. The second-order valence-corrected chi connectivity index (χ2v) is 9.81. The lowest BCUT2D eigenvalue weighted by Gasteiger charge is -2.29. The van der Waals surface area contributed by atoms with Gasteiger partial charge in [-0.15, -0.1) is 11.3 Å². The summed E-state index contributed by atoms with van der Waals surface area (Å²) in [6.45, 7) is 5.44. The molecule has 9 heteroatoms. The van der Waals surface area contributed by atoms with Crippen molar-refractivity contribution >= 4 is 40.0 Å². The highest BCUT2D eigenvalue weighted by atomic mass is 32.1. The number of anilines is 1. The number of benzene rings is 2. The van der Waals surface area contributed by atoms with Gasteiger partial charge in [0.25, 0.3) is 11.8 Å². The molecular formula is C27H25FN2O5S. The zero-order valence-electron chi connectivity index (χ0n) is 20.3. The molecule has 0 radical (unpaired) electrons. The number of nitrogens with one attached hydrogen (secondary N) is 1. The van der Waals surface area contributed by atoms with E-state index >= 15 is 0 Å². The molecule has 2 unspecified atom stereocenters. The Kier molecular flexibility index (Phi) is 7.03. The van der Waals surface area contributed by atoms with E-state index < -0.39 is 35.5 Å². The standard InChI is InChI=1S/C27H25FN2O5S/c1-5-14(2)22(30-25(32)18-8-6-7-9-19(18)26(30)33)23(31)29-24-21(27(34)35-4)20(15(3)36-24)16-10-12-17(28)13-11-16/h6-14,22H,5H2,1-4H3,(H,29,31). The molecule has 2 heterocycles. The first-order chi connectivity index (χ1) is 17.2. The minimum Gasteiger partial charge on any atom is -0.465 e. The van der Waals surface area contributed by atoms with Gasteiger partial charge in [0.15, 0.2) is 0 Å². The number of imide groups is 1. The van der Waals surface area contributed by atoms with E-state index in [4.69, 9.17) is 4.74 Å². The van der Waals surface area contributed by atoms with Gasteiger partial charge < -0.3 is 10.1 Å². The molecule has 0 bridgehead atoms. The number of ether oxygens (including phenoxy) is 1. The number of hydrogen-bond donors (Lipinski definition) is 1. The van der Waals surface area contributed by atoms with E-state index in [9.17, 15) is 23.6 Å². The zero-order chi connectivity index (χ0) is 26.1. The molecule has 0 spiro atoms. The summed E-state index contributed by atoms with van der Waals surface area (Å²) < 4.78 is 18.5. The van der Waals surface area contributed by atoms with Crippen LogP contribution < -0.4 is 5.32 Å². The highest BCUT2D eigenvalue weighted by molar-refractivity contribution is 7.17. The molecule has 1 aliphatic rings. The van der Waals surface area contributed by atoms with E-state index in [0.29, 0.717) is 22.4 Å². The Hall–Kier alpha value is -3.85. The monoisotopic (exact) mass is 508 g/mol. The first-order valence-corrected chi connectivity index (χ1v) is 12.3. The fourth-order valence-corrected chi connectivity index (χ4v) is 5.46. The molecule has 2 aromatic carbocycles. The van der Waals surface area contributed by atoms with Crippen LogP contribution in [0.25, 0.3) is 11.1 Å². The van der Waals surface area contributed by atoms with Crippen molar-refractivity contribution in [1.82, 2.24) is 4.90 Å². The number of carbonyl (C=O) groups is 4. The van der Waals surface area contributed by atoms with Crippen LogP contribution in [0, 0.1) is 18.7 Å². The van der Waals surface area contributed by atoms with Crippen LogP contribution >= 0.6 is 11.3 Å². The van der Waals surface area contributed by atoms with Crippen LogP contribution in [-0.4, -0.2) is 41.7 Å². The van der Waals surface area contributed by atoms with E-state index in [-0.39, 0.29) is 27.6 Å². The van der Waals surface area contributed by atoms with Crippen LogP contribution in [0.1, 0.15) is 56.2 Å².